The number of hydrazone groups is 1. The molecular weight excluding hydrogens is 346 g/mol. The first kappa shape index (κ1) is 16.9. The molecule has 1 aliphatic carbocycles. The zero-order chi connectivity index (χ0) is 17.8. The third-order valence-electron chi connectivity index (χ3n) is 3.57. The second kappa shape index (κ2) is 7.31. The number of carbonyl (C=O) groups is 1. The summed E-state index contributed by atoms with van der Waals surface area (Å²) in [6, 6.07) is 11.1. The van der Waals surface area contributed by atoms with Crippen LogP contribution in [-0.2, 0) is 4.79 Å². The summed E-state index contributed by atoms with van der Waals surface area (Å²) in [4.78, 5) is 22.3. The van der Waals surface area contributed by atoms with Gasteiger partial charge in [-0.05, 0) is 37.1 Å². The van der Waals surface area contributed by atoms with Crippen molar-refractivity contribution >= 4 is 29.4 Å². The molecule has 1 aliphatic rings. The van der Waals surface area contributed by atoms with Crippen molar-refractivity contribution in [2.45, 2.75) is 12.8 Å². The van der Waals surface area contributed by atoms with E-state index in [-0.39, 0.29) is 23.3 Å². The van der Waals surface area contributed by atoms with Gasteiger partial charge >= 0.3 is 5.69 Å². The number of ether oxygens (including phenoxy) is 1. The third-order valence-corrected chi connectivity index (χ3v) is 3.89. The van der Waals surface area contributed by atoms with Crippen molar-refractivity contribution in [3.05, 3.63) is 63.2 Å². The van der Waals surface area contributed by atoms with Crippen LogP contribution in [0.2, 0.25) is 5.02 Å². The predicted octanol–water partition coefficient (Wildman–Crippen LogP) is 3.90. The van der Waals surface area contributed by atoms with Gasteiger partial charge in [-0.3, -0.25) is 14.9 Å². The Morgan fingerprint density at radius 3 is 2.72 bits per heavy atom. The molecule has 0 atom stereocenters. The lowest BCUT2D eigenvalue weighted by Gasteiger charge is -2.08. The molecule has 1 amide bonds. The van der Waals surface area contributed by atoms with Crippen LogP contribution in [-0.4, -0.2) is 17.0 Å². The molecule has 2 aromatic rings. The maximum atomic E-state index is 11.5. The van der Waals surface area contributed by atoms with Gasteiger partial charge in [-0.1, -0.05) is 23.7 Å². The topological polar surface area (TPSA) is 93.8 Å². The number of benzene rings is 2. The molecule has 128 valence electrons. The summed E-state index contributed by atoms with van der Waals surface area (Å²) in [5.41, 5.74) is 2.66. The number of hydrogen-bond donors (Lipinski definition) is 1. The van der Waals surface area contributed by atoms with Crippen LogP contribution in [0.5, 0.6) is 11.5 Å². The number of rotatable bonds is 6. The summed E-state index contributed by atoms with van der Waals surface area (Å²) in [6.07, 6.45) is 3.11. The molecule has 3 rings (SSSR count). The molecule has 7 nitrogen and oxygen atoms in total. The van der Waals surface area contributed by atoms with Crippen molar-refractivity contribution < 1.29 is 14.5 Å². The van der Waals surface area contributed by atoms with Gasteiger partial charge in [0.2, 0.25) is 11.7 Å². The highest BCUT2D eigenvalue weighted by Gasteiger charge is 2.29. The number of hydrogen-bond acceptors (Lipinski definition) is 5. The first-order valence-corrected chi connectivity index (χ1v) is 7.96. The monoisotopic (exact) mass is 359 g/mol. The van der Waals surface area contributed by atoms with E-state index in [1.807, 2.05) is 0 Å². The van der Waals surface area contributed by atoms with E-state index in [0.29, 0.717) is 16.3 Å². The number of nitro groups is 1. The fraction of sp³-hybridized carbons (Fsp3) is 0.176. The van der Waals surface area contributed by atoms with Crippen LogP contribution < -0.4 is 10.2 Å². The smallest absolute Gasteiger partial charge is 0.312 e. The average Bonchev–Trinajstić information content (AvgIpc) is 3.43. The number of halogens is 1. The van der Waals surface area contributed by atoms with Crippen LogP contribution in [0.4, 0.5) is 5.69 Å². The normalized spacial score (nSPS) is 13.6. The lowest BCUT2D eigenvalue weighted by Crippen LogP contribution is -2.18. The molecule has 0 saturated heterocycles. The molecule has 0 heterocycles. The second-order valence-corrected chi connectivity index (χ2v) is 5.93. The molecular formula is C17H14ClN3O4. The first-order valence-electron chi connectivity index (χ1n) is 7.58. The van der Waals surface area contributed by atoms with Gasteiger partial charge in [-0.25, -0.2) is 5.43 Å². The quantitative estimate of drug-likeness (QED) is 0.480. The van der Waals surface area contributed by atoms with Gasteiger partial charge in [-0.15, -0.1) is 0 Å². The Morgan fingerprint density at radius 1 is 1.28 bits per heavy atom. The molecule has 2 aromatic carbocycles. The van der Waals surface area contributed by atoms with Crippen LogP contribution in [0.1, 0.15) is 18.4 Å². The van der Waals surface area contributed by atoms with Crippen molar-refractivity contribution in [2.24, 2.45) is 11.0 Å². The minimum Gasteiger partial charge on any atom is -0.449 e. The van der Waals surface area contributed by atoms with Gasteiger partial charge in [-0.2, -0.15) is 5.10 Å². The number of nitrogens with one attached hydrogen (secondary N) is 1. The van der Waals surface area contributed by atoms with Crippen LogP contribution in [0.25, 0.3) is 0 Å². The molecule has 1 saturated carbocycles. The average molecular weight is 360 g/mol. The second-order valence-electron chi connectivity index (χ2n) is 5.53. The van der Waals surface area contributed by atoms with E-state index >= 15 is 0 Å². The van der Waals surface area contributed by atoms with Crippen molar-refractivity contribution in [3.8, 4) is 11.5 Å². The highest BCUT2D eigenvalue weighted by molar-refractivity contribution is 6.32. The highest BCUT2D eigenvalue weighted by atomic mass is 35.5. The van der Waals surface area contributed by atoms with Crippen molar-refractivity contribution in [2.75, 3.05) is 0 Å². The summed E-state index contributed by atoms with van der Waals surface area (Å²) >= 11 is 6.01. The molecule has 0 unspecified atom stereocenters. The van der Waals surface area contributed by atoms with Gasteiger partial charge < -0.3 is 4.74 Å². The summed E-state index contributed by atoms with van der Waals surface area (Å²) < 4.78 is 5.55. The highest BCUT2D eigenvalue weighted by Crippen LogP contribution is 2.35. The Hall–Kier alpha value is -2.93. The maximum Gasteiger partial charge on any atom is 0.312 e. The van der Waals surface area contributed by atoms with Crippen molar-refractivity contribution in [3.63, 3.8) is 0 Å². The number of nitro benzene ring substituents is 1. The number of carbonyl (C=O) groups excluding carboxylic acids is 1. The van der Waals surface area contributed by atoms with Crippen molar-refractivity contribution in [1.82, 2.24) is 5.43 Å². The number of amides is 1. The summed E-state index contributed by atoms with van der Waals surface area (Å²) in [6.45, 7) is 0. The molecule has 0 bridgehead atoms. The van der Waals surface area contributed by atoms with Gasteiger partial charge in [0.1, 0.15) is 5.75 Å². The predicted molar refractivity (Wildman–Crippen MR) is 93.1 cm³/mol. The van der Waals surface area contributed by atoms with E-state index in [4.69, 9.17) is 16.3 Å². The summed E-state index contributed by atoms with van der Waals surface area (Å²) in [5, 5.41) is 15.5. The molecule has 8 heteroatoms. The van der Waals surface area contributed by atoms with Crippen molar-refractivity contribution in [1.29, 1.82) is 0 Å². The fourth-order valence-corrected chi connectivity index (χ4v) is 2.27. The Labute approximate surface area is 148 Å². The van der Waals surface area contributed by atoms with Gasteiger partial charge in [0.05, 0.1) is 16.2 Å². The van der Waals surface area contributed by atoms with Crippen LogP contribution in [0.15, 0.2) is 47.6 Å². The first-order chi connectivity index (χ1) is 12.0. The van der Waals surface area contributed by atoms with E-state index in [2.05, 4.69) is 10.5 Å². The number of nitrogens with zero attached hydrogens (tertiary/aromatic N) is 2. The van der Waals surface area contributed by atoms with E-state index in [0.717, 1.165) is 12.8 Å². The molecule has 0 radical (unpaired) electrons. The van der Waals surface area contributed by atoms with E-state index in [1.54, 1.807) is 30.3 Å². The standard InChI is InChI=1S/C17H14ClN3O4/c18-13-3-1-2-4-15(13)25-16-8-5-11(9-14(16)21(23)24)10-19-20-17(22)12-6-7-12/h1-5,8-10,12H,6-7H2,(H,20,22)/b19-10+. The van der Waals surface area contributed by atoms with Gasteiger partial charge in [0.25, 0.3) is 0 Å². The Kier molecular flexibility index (Phi) is 4.95. The van der Waals surface area contributed by atoms with E-state index in [1.165, 1.54) is 18.3 Å². The maximum absolute atomic E-state index is 11.5. The van der Waals surface area contributed by atoms with Crippen LogP contribution in [0.3, 0.4) is 0 Å². The Morgan fingerprint density at radius 2 is 2.04 bits per heavy atom. The molecule has 0 aliphatic heterocycles. The molecule has 1 fully saturated rings. The van der Waals surface area contributed by atoms with E-state index < -0.39 is 4.92 Å². The molecule has 25 heavy (non-hydrogen) atoms. The van der Waals surface area contributed by atoms with Crippen LogP contribution >= 0.6 is 11.6 Å². The number of para-hydroxylation sites is 1. The minimum atomic E-state index is -0.549. The summed E-state index contributed by atoms with van der Waals surface area (Å²) in [5.74, 6) is 0.296. The lowest BCUT2D eigenvalue weighted by atomic mass is 10.2. The zero-order valence-corrected chi connectivity index (χ0v) is 13.8. The van der Waals surface area contributed by atoms with Gasteiger partial charge in [0, 0.05) is 17.5 Å². The molecule has 0 aromatic heterocycles. The third kappa shape index (κ3) is 4.33. The van der Waals surface area contributed by atoms with Crippen LogP contribution in [0, 0.1) is 16.0 Å². The largest absolute Gasteiger partial charge is 0.449 e. The zero-order valence-electron chi connectivity index (χ0n) is 13.0. The minimum absolute atomic E-state index is 0.0397. The summed E-state index contributed by atoms with van der Waals surface area (Å²) in [7, 11) is 0. The Bertz CT molecular complexity index is 850. The Balaban J connectivity index is 1.78. The van der Waals surface area contributed by atoms with Gasteiger partial charge in [0.15, 0.2) is 0 Å². The van der Waals surface area contributed by atoms with E-state index in [9.17, 15) is 14.9 Å². The SMILES string of the molecule is O=C(N/N=C/c1ccc(Oc2ccccc2Cl)c([N+](=O)[O-])c1)C1CC1. The fourth-order valence-electron chi connectivity index (χ4n) is 2.10. The molecule has 1 N–H and O–H groups in total. The molecule has 0 spiro atoms. The lowest BCUT2D eigenvalue weighted by molar-refractivity contribution is -0.385.